The second kappa shape index (κ2) is 3.48. The zero-order valence-electron chi connectivity index (χ0n) is 10.1. The van der Waals surface area contributed by atoms with Gasteiger partial charge in [0.25, 0.3) is 0 Å². The van der Waals surface area contributed by atoms with Gasteiger partial charge in [0.15, 0.2) is 0 Å². The van der Waals surface area contributed by atoms with Gasteiger partial charge in [-0.05, 0) is 54.7 Å². The molecule has 3 unspecified atom stereocenters. The van der Waals surface area contributed by atoms with Crippen molar-refractivity contribution in [2.75, 3.05) is 0 Å². The van der Waals surface area contributed by atoms with E-state index in [2.05, 4.69) is 9.97 Å². The molecule has 4 heteroatoms. The van der Waals surface area contributed by atoms with Gasteiger partial charge in [-0.2, -0.15) is 0 Å². The Balaban J connectivity index is 1.66. The monoisotopic (exact) mass is 243 g/mol. The number of hydrogen-bond donors (Lipinski definition) is 3. The Kier molecular flexibility index (Phi) is 2.01. The first-order chi connectivity index (χ1) is 8.70. The molecular formula is C14H17N3O. The lowest BCUT2D eigenvalue weighted by Gasteiger charge is -2.21. The summed E-state index contributed by atoms with van der Waals surface area (Å²) in [4.78, 5) is 16.8. The van der Waals surface area contributed by atoms with Crippen LogP contribution in [0.5, 0.6) is 0 Å². The van der Waals surface area contributed by atoms with E-state index < -0.39 is 0 Å². The van der Waals surface area contributed by atoms with Crippen LogP contribution in [0.3, 0.4) is 0 Å². The molecule has 2 saturated carbocycles. The van der Waals surface area contributed by atoms with Crippen LogP contribution in [0.15, 0.2) is 23.0 Å². The zero-order valence-corrected chi connectivity index (χ0v) is 10.1. The minimum absolute atomic E-state index is 0.112. The molecule has 0 saturated heterocycles. The summed E-state index contributed by atoms with van der Waals surface area (Å²) in [7, 11) is 0. The number of fused-ring (bicyclic) bond motifs is 2. The van der Waals surface area contributed by atoms with E-state index in [1.54, 1.807) is 0 Å². The lowest BCUT2D eigenvalue weighted by molar-refractivity contribution is 0.404. The highest BCUT2D eigenvalue weighted by Gasteiger charge is 2.47. The Morgan fingerprint density at radius 2 is 1.83 bits per heavy atom. The molecule has 94 valence electrons. The molecule has 1 aromatic heterocycles. The molecule has 4 rings (SSSR count). The first-order valence-corrected chi connectivity index (χ1v) is 6.68. The Morgan fingerprint density at radius 1 is 1.11 bits per heavy atom. The molecule has 2 fully saturated rings. The van der Waals surface area contributed by atoms with Gasteiger partial charge in [0.2, 0.25) is 0 Å². The molecular weight excluding hydrogens is 226 g/mol. The zero-order chi connectivity index (χ0) is 12.3. The fourth-order valence-corrected chi connectivity index (χ4v) is 3.58. The standard InChI is InChI=1S/C14H17N3O/c15-13(10-4-8-3-9(8)5-10)7-1-2-11-12(6-7)17-14(18)16-11/h1-2,6,8-10,13H,3-5,15H2,(H2,16,17,18). The third-order valence-corrected chi connectivity index (χ3v) is 4.71. The fourth-order valence-electron chi connectivity index (χ4n) is 3.58. The van der Waals surface area contributed by atoms with Crippen molar-refractivity contribution >= 4 is 11.0 Å². The minimum Gasteiger partial charge on any atom is -0.324 e. The van der Waals surface area contributed by atoms with Gasteiger partial charge in [0.1, 0.15) is 0 Å². The van der Waals surface area contributed by atoms with Crippen LogP contribution < -0.4 is 11.4 Å². The van der Waals surface area contributed by atoms with Crippen molar-refractivity contribution in [1.82, 2.24) is 9.97 Å². The van der Waals surface area contributed by atoms with E-state index in [1.165, 1.54) is 19.3 Å². The van der Waals surface area contributed by atoms with Gasteiger partial charge in [-0.15, -0.1) is 0 Å². The second-order valence-electron chi connectivity index (χ2n) is 5.90. The number of imidazole rings is 1. The van der Waals surface area contributed by atoms with E-state index in [4.69, 9.17) is 5.73 Å². The summed E-state index contributed by atoms with van der Waals surface area (Å²) in [5, 5.41) is 0. The van der Waals surface area contributed by atoms with Crippen molar-refractivity contribution in [2.24, 2.45) is 23.5 Å². The number of aromatic nitrogens is 2. The van der Waals surface area contributed by atoms with E-state index in [0.717, 1.165) is 28.4 Å². The molecule has 0 radical (unpaired) electrons. The quantitative estimate of drug-likeness (QED) is 0.753. The summed E-state index contributed by atoms with van der Waals surface area (Å²) in [6.07, 6.45) is 3.99. The number of nitrogens with two attached hydrogens (primary N) is 1. The Labute approximate surface area is 105 Å². The fraction of sp³-hybridized carbons (Fsp3) is 0.500. The third kappa shape index (κ3) is 1.52. The largest absolute Gasteiger partial charge is 0.324 e. The molecule has 2 aliphatic carbocycles. The van der Waals surface area contributed by atoms with Gasteiger partial charge in [0, 0.05) is 6.04 Å². The number of aromatic amines is 2. The van der Waals surface area contributed by atoms with E-state index in [1.807, 2.05) is 18.2 Å². The highest BCUT2D eigenvalue weighted by atomic mass is 16.1. The predicted octanol–water partition coefficient (Wildman–Crippen LogP) is 1.90. The SMILES string of the molecule is NC(c1ccc2[nH]c(=O)[nH]c2c1)C1CC2CC2C1. The van der Waals surface area contributed by atoms with Gasteiger partial charge in [0.05, 0.1) is 11.0 Å². The summed E-state index contributed by atoms with van der Waals surface area (Å²) in [6, 6.07) is 6.11. The summed E-state index contributed by atoms with van der Waals surface area (Å²) in [6.45, 7) is 0. The normalized spacial score (nSPS) is 31.5. The Hall–Kier alpha value is -1.55. The lowest BCUT2D eigenvalue weighted by Crippen LogP contribution is -2.20. The maximum absolute atomic E-state index is 11.2. The number of rotatable bonds is 2. The van der Waals surface area contributed by atoms with Gasteiger partial charge in [-0.1, -0.05) is 6.07 Å². The van der Waals surface area contributed by atoms with Gasteiger partial charge < -0.3 is 15.7 Å². The maximum atomic E-state index is 11.2. The highest BCUT2D eigenvalue weighted by molar-refractivity contribution is 5.75. The van der Waals surface area contributed by atoms with Crippen molar-refractivity contribution in [3.05, 3.63) is 34.2 Å². The minimum atomic E-state index is -0.155. The van der Waals surface area contributed by atoms with Crippen molar-refractivity contribution in [3.63, 3.8) is 0 Å². The molecule has 0 amide bonds. The summed E-state index contributed by atoms with van der Waals surface area (Å²) < 4.78 is 0. The molecule has 3 atom stereocenters. The Morgan fingerprint density at radius 3 is 2.61 bits per heavy atom. The molecule has 1 heterocycles. The van der Waals surface area contributed by atoms with Crippen LogP contribution in [-0.2, 0) is 0 Å². The molecule has 2 aliphatic rings. The van der Waals surface area contributed by atoms with Gasteiger partial charge in [-0.3, -0.25) is 0 Å². The molecule has 2 aromatic rings. The summed E-state index contributed by atoms with van der Waals surface area (Å²) in [5.74, 6) is 2.53. The van der Waals surface area contributed by atoms with E-state index >= 15 is 0 Å². The first kappa shape index (κ1) is 10.4. The average Bonchev–Trinajstić information content (AvgIpc) is 2.82. The van der Waals surface area contributed by atoms with E-state index in [-0.39, 0.29) is 11.7 Å². The van der Waals surface area contributed by atoms with Gasteiger partial charge in [-0.25, -0.2) is 4.79 Å². The average molecular weight is 243 g/mol. The van der Waals surface area contributed by atoms with Crippen LogP contribution in [0, 0.1) is 17.8 Å². The van der Waals surface area contributed by atoms with Crippen molar-refractivity contribution in [1.29, 1.82) is 0 Å². The molecule has 1 aromatic carbocycles. The van der Waals surface area contributed by atoms with Crippen LogP contribution in [-0.4, -0.2) is 9.97 Å². The third-order valence-electron chi connectivity index (χ3n) is 4.71. The summed E-state index contributed by atoms with van der Waals surface area (Å²) >= 11 is 0. The van der Waals surface area contributed by atoms with E-state index in [9.17, 15) is 4.79 Å². The van der Waals surface area contributed by atoms with Crippen LogP contribution >= 0.6 is 0 Å². The molecule has 0 bridgehead atoms. The lowest BCUT2D eigenvalue weighted by atomic mass is 9.90. The maximum Gasteiger partial charge on any atom is 0.323 e. The number of nitrogens with one attached hydrogen (secondary N) is 2. The highest BCUT2D eigenvalue weighted by Crippen LogP contribution is 2.56. The van der Waals surface area contributed by atoms with Gasteiger partial charge >= 0.3 is 5.69 Å². The molecule has 0 spiro atoms. The number of hydrogen-bond acceptors (Lipinski definition) is 2. The van der Waals surface area contributed by atoms with Crippen LogP contribution in [0.25, 0.3) is 11.0 Å². The van der Waals surface area contributed by atoms with Crippen molar-refractivity contribution in [2.45, 2.75) is 25.3 Å². The molecule has 4 nitrogen and oxygen atoms in total. The summed E-state index contributed by atoms with van der Waals surface area (Å²) in [5.41, 5.74) is 9.08. The van der Waals surface area contributed by atoms with Crippen molar-refractivity contribution in [3.8, 4) is 0 Å². The van der Waals surface area contributed by atoms with E-state index in [0.29, 0.717) is 5.92 Å². The molecule has 18 heavy (non-hydrogen) atoms. The Bertz CT molecular complexity index is 646. The smallest absolute Gasteiger partial charge is 0.323 e. The second-order valence-corrected chi connectivity index (χ2v) is 5.90. The molecule has 0 aliphatic heterocycles. The number of H-pyrrole nitrogens is 2. The van der Waals surface area contributed by atoms with Crippen molar-refractivity contribution < 1.29 is 0 Å². The predicted molar refractivity (Wildman–Crippen MR) is 70.2 cm³/mol. The first-order valence-electron chi connectivity index (χ1n) is 6.68. The number of benzene rings is 1. The van der Waals surface area contributed by atoms with Crippen LogP contribution in [0.1, 0.15) is 30.9 Å². The molecule has 4 N–H and O–H groups in total. The topological polar surface area (TPSA) is 74.7 Å². The van der Waals surface area contributed by atoms with Crippen LogP contribution in [0.4, 0.5) is 0 Å². The van der Waals surface area contributed by atoms with Crippen LogP contribution in [0.2, 0.25) is 0 Å².